The van der Waals surface area contributed by atoms with Crippen molar-refractivity contribution in [3.8, 4) is 0 Å². The molecule has 0 radical (unpaired) electrons. The lowest BCUT2D eigenvalue weighted by Crippen LogP contribution is -2.35. The Hall–Kier alpha value is -1.55. The molecule has 1 aliphatic heterocycles. The van der Waals surface area contributed by atoms with Crippen molar-refractivity contribution in [2.45, 2.75) is 41.5 Å². The van der Waals surface area contributed by atoms with E-state index < -0.39 is 15.3 Å². The Balaban J connectivity index is 1.76. The number of carbonyl (C=O) groups excluding carboxylic acids is 1. The van der Waals surface area contributed by atoms with Gasteiger partial charge < -0.3 is 9.88 Å². The average molecular weight is 443 g/mol. The molecule has 1 saturated heterocycles. The second-order valence-electron chi connectivity index (χ2n) is 6.68. The number of hydrogen-bond donors (Lipinski definition) is 1. The van der Waals surface area contributed by atoms with E-state index in [1.807, 2.05) is 11.6 Å². The number of benzene rings is 1. The standard InChI is InChI=1S/C18H23ClN4O3S2/c1-13(27-18-20-8-11-22(18)2)17(24)21-16-12-14(6-7-15(16)19)28(25,26)23-9-4-3-5-10-23/h6-8,11-13H,3-5,9-10H2,1-2H3,(H,21,24)/t13-/m1/s1. The largest absolute Gasteiger partial charge is 0.329 e. The molecular weight excluding hydrogens is 420 g/mol. The Morgan fingerprint density at radius 3 is 2.64 bits per heavy atom. The zero-order chi connectivity index (χ0) is 20.3. The summed E-state index contributed by atoms with van der Waals surface area (Å²) in [6.07, 6.45) is 6.23. The van der Waals surface area contributed by atoms with E-state index in [4.69, 9.17) is 11.6 Å². The van der Waals surface area contributed by atoms with Gasteiger partial charge in [0.25, 0.3) is 0 Å². The maximum atomic E-state index is 12.9. The van der Waals surface area contributed by atoms with Crippen LogP contribution in [0.25, 0.3) is 0 Å². The number of halogens is 1. The van der Waals surface area contributed by atoms with Crippen LogP contribution in [0.4, 0.5) is 5.69 Å². The number of aromatic nitrogens is 2. The molecule has 152 valence electrons. The third kappa shape index (κ3) is 4.71. The van der Waals surface area contributed by atoms with Gasteiger partial charge in [-0.2, -0.15) is 4.31 Å². The lowest BCUT2D eigenvalue weighted by Gasteiger charge is -2.26. The summed E-state index contributed by atoms with van der Waals surface area (Å²) < 4.78 is 29.1. The summed E-state index contributed by atoms with van der Waals surface area (Å²) in [6, 6.07) is 4.42. The maximum absolute atomic E-state index is 12.9. The van der Waals surface area contributed by atoms with Crippen LogP contribution in [-0.4, -0.2) is 46.5 Å². The predicted octanol–water partition coefficient (Wildman–Crippen LogP) is 3.37. The van der Waals surface area contributed by atoms with E-state index in [1.165, 1.54) is 34.3 Å². The van der Waals surface area contributed by atoms with Crippen LogP contribution in [-0.2, 0) is 21.9 Å². The van der Waals surface area contributed by atoms with Crippen molar-refractivity contribution in [3.63, 3.8) is 0 Å². The summed E-state index contributed by atoms with van der Waals surface area (Å²) in [5.41, 5.74) is 0.289. The summed E-state index contributed by atoms with van der Waals surface area (Å²) in [4.78, 5) is 16.9. The van der Waals surface area contributed by atoms with Gasteiger partial charge >= 0.3 is 0 Å². The summed E-state index contributed by atoms with van der Waals surface area (Å²) in [7, 11) is -1.75. The van der Waals surface area contributed by atoms with Gasteiger partial charge in [0.2, 0.25) is 15.9 Å². The minimum Gasteiger partial charge on any atom is -0.329 e. The molecule has 1 N–H and O–H groups in total. The highest BCUT2D eigenvalue weighted by Gasteiger charge is 2.27. The molecule has 1 fully saturated rings. The smallest absolute Gasteiger partial charge is 0.243 e. The van der Waals surface area contributed by atoms with E-state index >= 15 is 0 Å². The highest BCUT2D eigenvalue weighted by atomic mass is 35.5. The average Bonchev–Trinajstić information content (AvgIpc) is 3.08. The Bertz CT molecular complexity index is 955. The molecule has 28 heavy (non-hydrogen) atoms. The number of aryl methyl sites for hydroxylation is 1. The quantitative estimate of drug-likeness (QED) is 0.693. The number of carbonyl (C=O) groups is 1. The van der Waals surface area contributed by atoms with Crippen molar-refractivity contribution in [1.29, 1.82) is 0 Å². The number of rotatable bonds is 6. The normalized spacial score (nSPS) is 16.7. The second kappa shape index (κ2) is 8.86. The minimum absolute atomic E-state index is 0.138. The summed E-state index contributed by atoms with van der Waals surface area (Å²) in [5, 5.41) is 3.32. The summed E-state index contributed by atoms with van der Waals surface area (Å²) >= 11 is 7.52. The van der Waals surface area contributed by atoms with Gasteiger partial charge in [0.15, 0.2) is 5.16 Å². The number of hydrogen-bond acceptors (Lipinski definition) is 5. The Labute approximate surface area is 174 Å². The Morgan fingerprint density at radius 1 is 1.29 bits per heavy atom. The molecule has 3 rings (SSSR count). The van der Waals surface area contributed by atoms with Crippen LogP contribution < -0.4 is 5.32 Å². The molecule has 10 heteroatoms. The molecule has 0 unspecified atom stereocenters. The highest BCUT2D eigenvalue weighted by molar-refractivity contribution is 8.00. The van der Waals surface area contributed by atoms with Crippen LogP contribution >= 0.6 is 23.4 Å². The van der Waals surface area contributed by atoms with Crippen LogP contribution in [0, 0.1) is 0 Å². The highest BCUT2D eigenvalue weighted by Crippen LogP contribution is 2.29. The van der Waals surface area contributed by atoms with Crippen LogP contribution in [0.1, 0.15) is 26.2 Å². The van der Waals surface area contributed by atoms with Gasteiger partial charge in [-0.1, -0.05) is 29.8 Å². The van der Waals surface area contributed by atoms with Gasteiger partial charge in [-0.3, -0.25) is 4.79 Å². The van der Waals surface area contributed by atoms with Crippen LogP contribution in [0.3, 0.4) is 0 Å². The van der Waals surface area contributed by atoms with E-state index in [9.17, 15) is 13.2 Å². The monoisotopic (exact) mass is 442 g/mol. The number of piperidine rings is 1. The molecule has 0 aliphatic carbocycles. The van der Waals surface area contributed by atoms with Crippen LogP contribution in [0.2, 0.25) is 5.02 Å². The minimum atomic E-state index is -3.60. The Morgan fingerprint density at radius 2 is 2.00 bits per heavy atom. The fourth-order valence-electron chi connectivity index (χ4n) is 2.93. The Kier molecular flexibility index (Phi) is 6.69. The molecule has 7 nitrogen and oxygen atoms in total. The van der Waals surface area contributed by atoms with Gasteiger partial charge in [-0.05, 0) is 38.0 Å². The van der Waals surface area contributed by atoms with Gasteiger partial charge in [0.1, 0.15) is 0 Å². The molecular formula is C18H23ClN4O3S2. The fourth-order valence-corrected chi connectivity index (χ4v) is 5.47. The first kappa shape index (κ1) is 21.2. The van der Waals surface area contributed by atoms with Gasteiger partial charge in [-0.15, -0.1) is 0 Å². The number of amides is 1. The molecule has 1 amide bonds. The first-order valence-corrected chi connectivity index (χ1v) is 11.7. The van der Waals surface area contributed by atoms with Gasteiger partial charge in [-0.25, -0.2) is 13.4 Å². The van der Waals surface area contributed by atoms with Crippen molar-refractivity contribution in [3.05, 3.63) is 35.6 Å². The number of anilines is 1. The van der Waals surface area contributed by atoms with Crippen molar-refractivity contribution in [2.75, 3.05) is 18.4 Å². The molecule has 1 aromatic carbocycles. The SMILES string of the molecule is C[C@@H](Sc1nccn1C)C(=O)Nc1cc(S(=O)(=O)N2CCCCC2)ccc1Cl. The lowest BCUT2D eigenvalue weighted by molar-refractivity contribution is -0.115. The molecule has 0 bridgehead atoms. The number of imidazole rings is 1. The van der Waals surface area contributed by atoms with E-state index in [-0.39, 0.29) is 16.5 Å². The fraction of sp³-hybridized carbons (Fsp3) is 0.444. The number of nitrogens with zero attached hydrogens (tertiary/aromatic N) is 3. The van der Waals surface area contributed by atoms with Crippen molar-refractivity contribution < 1.29 is 13.2 Å². The number of nitrogens with one attached hydrogen (secondary N) is 1. The third-order valence-corrected chi connectivity index (χ3v) is 7.97. The topological polar surface area (TPSA) is 84.3 Å². The second-order valence-corrected chi connectivity index (χ2v) is 10.3. The molecule has 1 aliphatic rings. The van der Waals surface area contributed by atoms with Crippen molar-refractivity contribution in [2.24, 2.45) is 7.05 Å². The zero-order valence-electron chi connectivity index (χ0n) is 15.8. The summed E-state index contributed by atoms with van der Waals surface area (Å²) in [6.45, 7) is 2.80. The van der Waals surface area contributed by atoms with Crippen LogP contribution in [0.5, 0.6) is 0 Å². The predicted molar refractivity (Wildman–Crippen MR) is 111 cm³/mol. The number of thioether (sulfide) groups is 1. The van der Waals surface area contributed by atoms with Crippen molar-refractivity contribution in [1.82, 2.24) is 13.9 Å². The van der Waals surface area contributed by atoms with Gasteiger partial charge in [0, 0.05) is 32.5 Å². The molecule has 1 aromatic heterocycles. The zero-order valence-corrected chi connectivity index (χ0v) is 18.1. The third-order valence-electron chi connectivity index (χ3n) is 4.58. The first-order chi connectivity index (χ1) is 13.3. The van der Waals surface area contributed by atoms with Gasteiger partial charge in [0.05, 0.1) is 20.9 Å². The molecule has 2 heterocycles. The maximum Gasteiger partial charge on any atom is 0.243 e. The van der Waals surface area contributed by atoms with E-state index in [0.29, 0.717) is 18.1 Å². The molecule has 0 spiro atoms. The number of sulfonamides is 1. The first-order valence-electron chi connectivity index (χ1n) is 9.03. The molecule has 2 aromatic rings. The van der Waals surface area contributed by atoms with E-state index in [1.54, 1.807) is 19.3 Å². The van der Waals surface area contributed by atoms with Crippen LogP contribution in [0.15, 0.2) is 40.6 Å². The van der Waals surface area contributed by atoms with E-state index in [0.717, 1.165) is 24.4 Å². The van der Waals surface area contributed by atoms with Crippen molar-refractivity contribution >= 4 is 45.0 Å². The molecule has 0 saturated carbocycles. The lowest BCUT2D eigenvalue weighted by atomic mass is 10.2. The van der Waals surface area contributed by atoms with E-state index in [2.05, 4.69) is 10.3 Å². The summed E-state index contributed by atoms with van der Waals surface area (Å²) in [5.74, 6) is -0.276. The molecule has 1 atom stereocenters.